The molecule has 3 aromatic rings. The van der Waals surface area contributed by atoms with Crippen LogP contribution >= 0.6 is 23.6 Å². The molecule has 3 aromatic heterocycles. The highest BCUT2D eigenvalue weighted by molar-refractivity contribution is 7.80. The van der Waals surface area contributed by atoms with Gasteiger partial charge in [-0.15, -0.1) is 11.3 Å². The van der Waals surface area contributed by atoms with Crippen molar-refractivity contribution in [2.45, 2.75) is 6.54 Å². The summed E-state index contributed by atoms with van der Waals surface area (Å²) in [5.41, 5.74) is 6.06. The van der Waals surface area contributed by atoms with Crippen LogP contribution in [-0.2, 0) is 6.54 Å². The Morgan fingerprint density at radius 1 is 1.58 bits per heavy atom. The zero-order valence-corrected chi connectivity index (χ0v) is 11.3. The summed E-state index contributed by atoms with van der Waals surface area (Å²) in [6, 6.07) is 3.59. The SMILES string of the molecule is NC(=S)Cn1cnc2scc(-c3ccco3)c2c1=O. The molecule has 7 heteroatoms. The van der Waals surface area contributed by atoms with Gasteiger partial charge in [0.1, 0.15) is 10.6 Å². The van der Waals surface area contributed by atoms with Crippen LogP contribution in [0.15, 0.2) is 39.3 Å². The van der Waals surface area contributed by atoms with Crippen molar-refractivity contribution < 1.29 is 4.42 Å². The Balaban J connectivity index is 2.26. The third-order valence-electron chi connectivity index (χ3n) is 2.67. The maximum absolute atomic E-state index is 12.4. The van der Waals surface area contributed by atoms with Crippen LogP contribution < -0.4 is 11.3 Å². The Bertz CT molecular complexity index is 802. The second-order valence-corrected chi connectivity index (χ2v) is 5.33. The molecule has 0 spiro atoms. The largest absolute Gasteiger partial charge is 0.464 e. The third-order valence-corrected chi connectivity index (χ3v) is 3.69. The van der Waals surface area contributed by atoms with Crippen molar-refractivity contribution >= 4 is 38.8 Å². The molecule has 3 rings (SSSR count). The number of rotatable bonds is 3. The van der Waals surface area contributed by atoms with Crippen LogP contribution in [0.3, 0.4) is 0 Å². The number of fused-ring (bicyclic) bond motifs is 1. The van der Waals surface area contributed by atoms with E-state index in [0.29, 0.717) is 16.0 Å². The Morgan fingerprint density at radius 2 is 2.42 bits per heavy atom. The summed E-state index contributed by atoms with van der Waals surface area (Å²) in [7, 11) is 0. The van der Waals surface area contributed by atoms with Gasteiger partial charge in [0, 0.05) is 10.9 Å². The highest BCUT2D eigenvalue weighted by atomic mass is 32.1. The molecule has 5 nitrogen and oxygen atoms in total. The van der Waals surface area contributed by atoms with Gasteiger partial charge in [-0.2, -0.15) is 0 Å². The van der Waals surface area contributed by atoms with Crippen LogP contribution in [0, 0.1) is 0 Å². The number of thiophene rings is 1. The summed E-state index contributed by atoms with van der Waals surface area (Å²) in [4.78, 5) is 17.6. The van der Waals surface area contributed by atoms with E-state index in [1.165, 1.54) is 22.2 Å². The van der Waals surface area contributed by atoms with Gasteiger partial charge in [0.05, 0.1) is 29.5 Å². The average Bonchev–Trinajstić information content (AvgIpc) is 3.00. The fourth-order valence-electron chi connectivity index (χ4n) is 1.86. The minimum absolute atomic E-state index is 0.162. The first-order chi connectivity index (χ1) is 9.16. The lowest BCUT2D eigenvalue weighted by Gasteiger charge is -2.03. The van der Waals surface area contributed by atoms with Gasteiger partial charge in [-0.1, -0.05) is 12.2 Å². The summed E-state index contributed by atoms with van der Waals surface area (Å²) in [6.07, 6.45) is 3.04. The number of nitrogens with two attached hydrogens (primary N) is 1. The molecule has 0 saturated carbocycles. The van der Waals surface area contributed by atoms with Crippen LogP contribution in [-0.4, -0.2) is 14.5 Å². The highest BCUT2D eigenvalue weighted by Gasteiger charge is 2.14. The second-order valence-electron chi connectivity index (χ2n) is 3.95. The molecule has 2 N–H and O–H groups in total. The van der Waals surface area contributed by atoms with Gasteiger partial charge in [-0.25, -0.2) is 4.98 Å². The number of aromatic nitrogens is 2. The van der Waals surface area contributed by atoms with Gasteiger partial charge < -0.3 is 10.2 Å². The lowest BCUT2D eigenvalue weighted by atomic mass is 10.2. The number of thiocarbonyl (C=S) groups is 1. The van der Waals surface area contributed by atoms with E-state index in [1.54, 1.807) is 12.3 Å². The van der Waals surface area contributed by atoms with Gasteiger partial charge in [0.2, 0.25) is 0 Å². The fraction of sp³-hybridized carbons (Fsp3) is 0.0833. The van der Waals surface area contributed by atoms with Crippen LogP contribution in [0.1, 0.15) is 0 Å². The first-order valence-corrected chi connectivity index (χ1v) is 6.74. The molecule has 96 valence electrons. The molecule has 0 aliphatic heterocycles. The van der Waals surface area contributed by atoms with E-state index in [0.717, 1.165) is 5.56 Å². The van der Waals surface area contributed by atoms with E-state index < -0.39 is 0 Å². The topological polar surface area (TPSA) is 74.1 Å². The maximum atomic E-state index is 12.4. The lowest BCUT2D eigenvalue weighted by molar-refractivity contribution is 0.583. The van der Waals surface area contributed by atoms with Gasteiger partial charge in [-0.05, 0) is 12.1 Å². The van der Waals surface area contributed by atoms with Crippen molar-refractivity contribution in [3.8, 4) is 11.3 Å². The lowest BCUT2D eigenvalue weighted by Crippen LogP contribution is -2.27. The monoisotopic (exact) mass is 291 g/mol. The van der Waals surface area contributed by atoms with Crippen molar-refractivity contribution in [2.75, 3.05) is 0 Å². The Labute approximate surface area is 117 Å². The summed E-state index contributed by atoms with van der Waals surface area (Å²) >= 11 is 6.23. The molecule has 3 heterocycles. The normalized spacial score (nSPS) is 10.9. The van der Waals surface area contributed by atoms with Gasteiger partial charge >= 0.3 is 0 Å². The van der Waals surface area contributed by atoms with Crippen LogP contribution in [0.4, 0.5) is 0 Å². The number of furan rings is 1. The molecule has 19 heavy (non-hydrogen) atoms. The van der Waals surface area contributed by atoms with Crippen LogP contribution in [0.2, 0.25) is 0 Å². The molecule has 0 aromatic carbocycles. The molecule has 0 bridgehead atoms. The standard InChI is InChI=1S/C12H9N3O2S2/c13-9(18)4-15-6-14-11-10(12(15)16)7(5-19-11)8-2-1-3-17-8/h1-3,5-6H,4H2,(H2,13,18). The van der Waals surface area contributed by atoms with Crippen LogP contribution in [0.25, 0.3) is 21.5 Å². The Hall–Kier alpha value is -1.99. The average molecular weight is 291 g/mol. The predicted molar refractivity (Wildman–Crippen MR) is 78.4 cm³/mol. The Morgan fingerprint density at radius 3 is 3.11 bits per heavy atom. The van der Waals surface area contributed by atoms with Crippen LogP contribution in [0.5, 0.6) is 0 Å². The highest BCUT2D eigenvalue weighted by Crippen LogP contribution is 2.30. The summed E-state index contributed by atoms with van der Waals surface area (Å²) in [5, 5.41) is 2.40. The number of hydrogen-bond acceptors (Lipinski definition) is 5. The van der Waals surface area contributed by atoms with E-state index in [-0.39, 0.29) is 17.1 Å². The van der Waals surface area contributed by atoms with Crippen molar-refractivity contribution in [2.24, 2.45) is 5.73 Å². The van der Waals surface area contributed by atoms with E-state index >= 15 is 0 Å². The molecule has 0 unspecified atom stereocenters. The van der Waals surface area contributed by atoms with Gasteiger partial charge in [0.25, 0.3) is 5.56 Å². The third kappa shape index (κ3) is 2.06. The second kappa shape index (κ2) is 4.60. The summed E-state index contributed by atoms with van der Waals surface area (Å²) in [5.74, 6) is 0.651. The molecule has 0 amide bonds. The smallest absolute Gasteiger partial charge is 0.263 e. The minimum atomic E-state index is -0.162. The zero-order valence-electron chi connectivity index (χ0n) is 9.70. The molecule has 0 fully saturated rings. The van der Waals surface area contributed by atoms with Gasteiger partial charge in [-0.3, -0.25) is 9.36 Å². The number of nitrogens with zero attached hydrogens (tertiary/aromatic N) is 2. The fourth-order valence-corrected chi connectivity index (χ4v) is 2.89. The van der Waals surface area contributed by atoms with Crippen molar-refractivity contribution in [1.29, 1.82) is 0 Å². The molecule has 0 atom stereocenters. The van der Waals surface area contributed by atoms with Crippen molar-refractivity contribution in [1.82, 2.24) is 9.55 Å². The van der Waals surface area contributed by atoms with E-state index in [1.807, 2.05) is 11.4 Å². The van der Waals surface area contributed by atoms with E-state index in [2.05, 4.69) is 4.98 Å². The molecule has 0 radical (unpaired) electrons. The van der Waals surface area contributed by atoms with Gasteiger partial charge in [0.15, 0.2) is 0 Å². The zero-order chi connectivity index (χ0) is 13.4. The summed E-state index contributed by atoms with van der Waals surface area (Å²) < 4.78 is 6.75. The first kappa shape index (κ1) is 12.1. The molecular formula is C12H9N3O2S2. The van der Waals surface area contributed by atoms with E-state index in [4.69, 9.17) is 22.4 Å². The summed E-state index contributed by atoms with van der Waals surface area (Å²) in [6.45, 7) is 0.185. The van der Waals surface area contributed by atoms with Crippen molar-refractivity contribution in [3.63, 3.8) is 0 Å². The maximum Gasteiger partial charge on any atom is 0.263 e. The van der Waals surface area contributed by atoms with Crippen molar-refractivity contribution in [3.05, 3.63) is 40.5 Å². The Kier molecular flexibility index (Phi) is 2.92. The number of hydrogen-bond donors (Lipinski definition) is 1. The molecule has 0 saturated heterocycles. The minimum Gasteiger partial charge on any atom is -0.464 e. The molecule has 0 aliphatic carbocycles. The molecule has 0 aliphatic rings. The predicted octanol–water partition coefficient (Wildman–Crippen LogP) is 2.00. The first-order valence-electron chi connectivity index (χ1n) is 5.45. The van der Waals surface area contributed by atoms with E-state index in [9.17, 15) is 4.79 Å². The molecular weight excluding hydrogens is 282 g/mol. The quantitative estimate of drug-likeness (QED) is 0.747.